The third kappa shape index (κ3) is 13.0. The van der Waals surface area contributed by atoms with Gasteiger partial charge in [0.2, 0.25) is 17.6 Å². The summed E-state index contributed by atoms with van der Waals surface area (Å²) >= 11 is 6.21. The minimum atomic E-state index is -4.55. The summed E-state index contributed by atoms with van der Waals surface area (Å²) in [7, 11) is 16.3. The predicted molar refractivity (Wildman–Crippen MR) is 390 cm³/mol. The molecule has 9 aromatic rings. The van der Waals surface area contributed by atoms with Gasteiger partial charge in [0.25, 0.3) is 0 Å². The first kappa shape index (κ1) is 81.3. The van der Waals surface area contributed by atoms with E-state index in [0.29, 0.717) is 30.8 Å². The van der Waals surface area contributed by atoms with Gasteiger partial charge in [0.15, 0.2) is 33.6 Å². The molecule has 19 nitrogen and oxygen atoms in total. The highest BCUT2D eigenvalue weighted by atomic mass is 35.5. The Hall–Kier alpha value is -9.17. The molecule has 3 aliphatic heterocycles. The molecule has 0 radical (unpaired) electrons. The van der Waals surface area contributed by atoms with Crippen LogP contribution in [0.4, 0.5) is 39.5 Å². The van der Waals surface area contributed by atoms with Crippen molar-refractivity contribution in [3.63, 3.8) is 0 Å². The summed E-state index contributed by atoms with van der Waals surface area (Å²) in [6.07, 6.45) is -14.8. The van der Waals surface area contributed by atoms with Crippen LogP contribution in [0.25, 0.3) is 0 Å². The first-order valence-electron chi connectivity index (χ1n) is 35.2. The molecule has 3 saturated carbocycles. The molecule has 3 aliphatic carbocycles. The Kier molecular flexibility index (Phi) is 22.3. The van der Waals surface area contributed by atoms with E-state index in [1.807, 2.05) is 148 Å². The standard InChI is InChI=1S/C27H26ClF3N2O4.2C27H27F3N2O4.CH4O/c1-33(2)14-18-21(15-7-5-4-6-8-15)26(16-9-11-17(12-10-16)27(29,30)31)25(35,23(18)34)22-19(37-26)13-20(28)32-24(22)36-3;2*1-32(2)15-19-21(16-7-5-4-6-8-16)26(17-9-11-18(12-10-17)27(28,29)30)25(34,23(19)33)22-20(36-26)13-14-31-24(22)35-3;1-2/h4-13,18,21,23,34-35H,14H2,1-3H3;2*4-14,19,21,23,33-34H,15H2,1-3H3;2H,1H3/t18-,21-,23-,25+,26+;2*19-,21-,23-,25+,26+;/m111./s1. The molecule has 6 aromatic carbocycles. The van der Waals surface area contributed by atoms with Gasteiger partial charge in [0.1, 0.15) is 22.4 Å². The fraction of sp³-hybridized carbons (Fsp3) is 0.378. The summed E-state index contributed by atoms with van der Waals surface area (Å²) < 4.78 is 157. The summed E-state index contributed by atoms with van der Waals surface area (Å²) in [5.41, 5.74) is -10.1. The molecule has 6 aliphatic rings. The van der Waals surface area contributed by atoms with Crippen molar-refractivity contribution in [2.45, 2.75) is 88.2 Å². The molecule has 590 valence electrons. The lowest BCUT2D eigenvalue weighted by Gasteiger charge is -2.41. The number of fused-ring (bicyclic) bond motifs is 9. The molecule has 3 fully saturated rings. The maximum atomic E-state index is 13.4. The molecule has 0 spiro atoms. The van der Waals surface area contributed by atoms with Crippen LogP contribution in [0.1, 0.15) is 84.5 Å². The summed E-state index contributed by atoms with van der Waals surface area (Å²) in [6.45, 7) is 1.12. The molecule has 7 N–H and O–H groups in total. The summed E-state index contributed by atoms with van der Waals surface area (Å²) in [5, 5.41) is 80.4. The number of aliphatic hydroxyl groups is 7. The number of hydrogen-bond donors (Lipinski definition) is 7. The van der Waals surface area contributed by atoms with E-state index in [4.69, 9.17) is 45.1 Å². The van der Waals surface area contributed by atoms with Crippen molar-refractivity contribution in [1.29, 1.82) is 0 Å². The Morgan fingerprint density at radius 3 is 0.910 bits per heavy atom. The minimum Gasteiger partial charge on any atom is -0.481 e. The van der Waals surface area contributed by atoms with Gasteiger partial charge in [-0.15, -0.1) is 0 Å². The van der Waals surface area contributed by atoms with Crippen LogP contribution in [0.2, 0.25) is 5.15 Å². The van der Waals surface area contributed by atoms with Gasteiger partial charge in [-0.05, 0) is 124 Å². The number of alkyl halides is 9. The van der Waals surface area contributed by atoms with Gasteiger partial charge in [0, 0.05) is 80.7 Å². The monoisotopic (exact) mass is 1570 g/mol. The van der Waals surface area contributed by atoms with Gasteiger partial charge in [-0.2, -0.15) is 39.5 Å². The second-order valence-corrected chi connectivity index (χ2v) is 29.4. The Morgan fingerprint density at radius 1 is 0.396 bits per heavy atom. The van der Waals surface area contributed by atoms with Crippen LogP contribution < -0.4 is 28.4 Å². The fourth-order valence-electron chi connectivity index (χ4n) is 18.2. The van der Waals surface area contributed by atoms with E-state index in [0.717, 1.165) is 60.2 Å². The lowest BCUT2D eigenvalue weighted by molar-refractivity contribution is -0.152. The van der Waals surface area contributed by atoms with E-state index in [1.54, 1.807) is 12.1 Å². The maximum absolute atomic E-state index is 13.4. The molecule has 15 atom stereocenters. The lowest BCUT2D eigenvalue weighted by atomic mass is 9.70. The van der Waals surface area contributed by atoms with Crippen LogP contribution in [0.3, 0.4) is 0 Å². The third-order valence-corrected chi connectivity index (χ3v) is 22.3. The predicted octanol–water partition coefficient (Wildman–Crippen LogP) is 12.0. The number of nitrogens with zero attached hydrogens (tertiary/aromatic N) is 6. The highest BCUT2D eigenvalue weighted by molar-refractivity contribution is 6.29. The van der Waals surface area contributed by atoms with Gasteiger partial charge >= 0.3 is 18.5 Å². The largest absolute Gasteiger partial charge is 0.481 e. The van der Waals surface area contributed by atoms with Crippen LogP contribution in [0.5, 0.6) is 34.9 Å². The molecule has 29 heteroatoms. The highest BCUT2D eigenvalue weighted by Crippen LogP contribution is 2.73. The molecule has 111 heavy (non-hydrogen) atoms. The zero-order chi connectivity index (χ0) is 80.5. The quantitative estimate of drug-likeness (QED) is 0.0372. The molecule has 15 rings (SSSR count). The van der Waals surface area contributed by atoms with Crippen LogP contribution >= 0.6 is 11.6 Å². The molecule has 6 heterocycles. The molecule has 0 saturated heterocycles. The SMILES string of the molecule is CO.COc1nc(Cl)cc2c1[C@]1(O)[C@H](O)[C@H](CN(C)C)[C@@H](c3ccccc3)[C@]1(c1ccc(C(F)(F)F)cc1)O2.COc1nccc2c1[C@]1(O)[C@H](O)[C@H](CN(C)C)[C@@H](c3ccccc3)[C@]1(c1ccc(C(F)(F)F)cc1)O2.COc1nccc2c1[C@]1(O)[C@H](O)[C@H](CN(C)C)[C@@H](c3ccccc3)[C@]1(c1ccc(C(F)(F)F)cc1)O2. The smallest absolute Gasteiger partial charge is 0.416 e. The van der Waals surface area contributed by atoms with Gasteiger partial charge in [-0.3, -0.25) is 0 Å². The number of aromatic nitrogens is 3. The Bertz CT molecular complexity index is 4560. The van der Waals surface area contributed by atoms with Crippen molar-refractivity contribution in [3.8, 4) is 34.9 Å². The fourth-order valence-corrected chi connectivity index (χ4v) is 18.4. The van der Waals surface area contributed by atoms with E-state index in [1.165, 1.54) is 76.2 Å². The van der Waals surface area contributed by atoms with Gasteiger partial charge in [-0.1, -0.05) is 139 Å². The number of pyridine rings is 3. The summed E-state index contributed by atoms with van der Waals surface area (Å²) in [4.78, 5) is 18.3. The van der Waals surface area contributed by atoms with E-state index in [9.17, 15) is 70.2 Å². The highest BCUT2D eigenvalue weighted by Gasteiger charge is 2.80. The normalized spacial score (nSPS) is 28.5. The van der Waals surface area contributed by atoms with Gasteiger partial charge in [0.05, 0.1) is 73.0 Å². The van der Waals surface area contributed by atoms with Crippen LogP contribution in [0, 0.1) is 17.8 Å². The van der Waals surface area contributed by atoms with Crippen molar-refractivity contribution in [3.05, 3.63) is 266 Å². The first-order valence-corrected chi connectivity index (χ1v) is 35.6. The van der Waals surface area contributed by atoms with Crippen LogP contribution in [-0.4, -0.2) is 174 Å². The maximum Gasteiger partial charge on any atom is 0.416 e. The topological polar surface area (TPSA) is 245 Å². The zero-order valence-electron chi connectivity index (χ0n) is 61.8. The third-order valence-electron chi connectivity index (χ3n) is 22.1. The Morgan fingerprint density at radius 2 is 0.658 bits per heavy atom. The summed E-state index contributed by atoms with van der Waals surface area (Å²) in [6, 6.07) is 46.0. The number of methoxy groups -OCH3 is 3. The average molecular weight is 1570 g/mol. The van der Waals surface area contributed by atoms with Crippen molar-refractivity contribution in [2.24, 2.45) is 17.8 Å². The number of benzene rings is 6. The second-order valence-electron chi connectivity index (χ2n) is 29.0. The minimum absolute atomic E-state index is 0.0323. The summed E-state index contributed by atoms with van der Waals surface area (Å²) in [5.74, 6) is -2.83. The van der Waals surface area contributed by atoms with Crippen molar-refractivity contribution >= 4 is 11.6 Å². The van der Waals surface area contributed by atoms with Crippen molar-refractivity contribution < 1.29 is 104 Å². The molecular weight excluding hydrogens is 1480 g/mol. The van der Waals surface area contributed by atoms with Gasteiger partial charge < -0.3 is 78.9 Å². The van der Waals surface area contributed by atoms with Crippen molar-refractivity contribution in [1.82, 2.24) is 29.7 Å². The molecule has 0 bridgehead atoms. The number of ether oxygens (including phenoxy) is 6. The van der Waals surface area contributed by atoms with Crippen molar-refractivity contribution in [2.75, 3.05) is 90.4 Å². The molecule has 0 unspecified atom stereocenters. The number of halogens is 10. The number of hydrogen-bond acceptors (Lipinski definition) is 19. The van der Waals surface area contributed by atoms with Crippen LogP contribution in [-0.2, 0) is 52.1 Å². The van der Waals surface area contributed by atoms with E-state index >= 15 is 0 Å². The number of rotatable bonds is 15. The number of aliphatic hydroxyl groups excluding tert-OH is 4. The zero-order valence-corrected chi connectivity index (χ0v) is 62.6. The van der Waals surface area contributed by atoms with E-state index in [2.05, 4.69) is 15.0 Å². The molecule has 0 amide bonds. The Labute approximate surface area is 639 Å². The Balaban J connectivity index is 0.000000153. The van der Waals surface area contributed by atoms with Gasteiger partial charge in [-0.25, -0.2) is 15.0 Å². The van der Waals surface area contributed by atoms with E-state index in [-0.39, 0.29) is 62.3 Å². The second kappa shape index (κ2) is 30.4. The van der Waals surface area contributed by atoms with Crippen LogP contribution in [0.15, 0.2) is 194 Å². The first-order chi connectivity index (χ1) is 52.5. The lowest BCUT2D eigenvalue weighted by Crippen LogP contribution is -2.52. The van der Waals surface area contributed by atoms with E-state index < -0.39 is 123 Å². The molecule has 3 aromatic heterocycles. The average Bonchev–Trinajstić information content (AvgIpc) is 1.51. The molecular formula is C82H84ClF9N6O13.